The number of benzene rings is 1. The summed E-state index contributed by atoms with van der Waals surface area (Å²) in [5.74, 6) is 1.62. The number of ether oxygens (including phenoxy) is 3. The number of amides is 1. The maximum Gasteiger partial charge on any atom is 0.409 e. The molecule has 2 heterocycles. The third-order valence-corrected chi connectivity index (χ3v) is 3.93. The summed E-state index contributed by atoms with van der Waals surface area (Å²) in [4.78, 5) is 15.7. The quantitative estimate of drug-likeness (QED) is 0.849. The molecule has 1 atom stereocenters. The van der Waals surface area contributed by atoms with Gasteiger partial charge in [0.25, 0.3) is 0 Å². The molecule has 0 aliphatic carbocycles. The summed E-state index contributed by atoms with van der Waals surface area (Å²) in [7, 11) is 0. The van der Waals surface area contributed by atoms with Crippen LogP contribution in [0.15, 0.2) is 24.3 Å². The second-order valence-corrected chi connectivity index (χ2v) is 5.48. The zero-order valence-corrected chi connectivity index (χ0v) is 12.9. The zero-order chi connectivity index (χ0) is 15.4. The van der Waals surface area contributed by atoms with Crippen molar-refractivity contribution in [2.45, 2.75) is 13.0 Å². The maximum atomic E-state index is 11.7. The van der Waals surface area contributed by atoms with Crippen molar-refractivity contribution in [1.82, 2.24) is 9.80 Å². The standard InChI is InChI=1S/C16H22N2O4/c1-2-20-16(19)18-9-7-17(8-10-18)11-13-12-21-14-5-3-4-6-15(14)22-13/h3-6,13H,2,7-12H2,1H3/t13-/m1/s1. The lowest BCUT2D eigenvalue weighted by molar-refractivity contribution is 0.0364. The molecule has 0 aromatic heterocycles. The minimum atomic E-state index is -0.215. The highest BCUT2D eigenvalue weighted by molar-refractivity contribution is 5.67. The fraction of sp³-hybridized carbons (Fsp3) is 0.562. The lowest BCUT2D eigenvalue weighted by atomic mass is 10.2. The third-order valence-electron chi connectivity index (χ3n) is 3.93. The number of rotatable bonds is 3. The van der Waals surface area contributed by atoms with Crippen LogP contribution in [0.25, 0.3) is 0 Å². The summed E-state index contributed by atoms with van der Waals surface area (Å²) in [5, 5.41) is 0. The van der Waals surface area contributed by atoms with Gasteiger partial charge in [-0.25, -0.2) is 4.79 Å². The molecular weight excluding hydrogens is 284 g/mol. The second-order valence-electron chi connectivity index (χ2n) is 5.48. The molecule has 6 heteroatoms. The van der Waals surface area contributed by atoms with E-state index in [0.29, 0.717) is 26.3 Å². The number of carbonyl (C=O) groups excluding carboxylic acids is 1. The molecule has 120 valence electrons. The van der Waals surface area contributed by atoms with Crippen LogP contribution in [-0.2, 0) is 4.74 Å². The van der Waals surface area contributed by atoms with Crippen LogP contribution in [0.2, 0.25) is 0 Å². The Labute approximate surface area is 130 Å². The van der Waals surface area contributed by atoms with E-state index in [9.17, 15) is 4.79 Å². The van der Waals surface area contributed by atoms with Crippen molar-refractivity contribution in [1.29, 1.82) is 0 Å². The molecule has 0 bridgehead atoms. The van der Waals surface area contributed by atoms with Gasteiger partial charge in [-0.05, 0) is 19.1 Å². The van der Waals surface area contributed by atoms with Gasteiger partial charge in [0.05, 0.1) is 6.61 Å². The van der Waals surface area contributed by atoms with Crippen molar-refractivity contribution in [3.8, 4) is 11.5 Å². The number of hydrogen-bond acceptors (Lipinski definition) is 5. The summed E-state index contributed by atoms with van der Waals surface area (Å²) in [6.45, 7) is 6.69. The van der Waals surface area contributed by atoms with Crippen LogP contribution < -0.4 is 9.47 Å². The van der Waals surface area contributed by atoms with Crippen molar-refractivity contribution in [3.05, 3.63) is 24.3 Å². The molecule has 0 unspecified atom stereocenters. The van der Waals surface area contributed by atoms with Gasteiger partial charge in [-0.3, -0.25) is 4.90 Å². The SMILES string of the molecule is CCOC(=O)N1CCN(C[C@@H]2COc3ccccc3O2)CC1. The Morgan fingerprint density at radius 3 is 2.68 bits per heavy atom. The Morgan fingerprint density at radius 2 is 1.95 bits per heavy atom. The minimum Gasteiger partial charge on any atom is -0.486 e. The lowest BCUT2D eigenvalue weighted by Gasteiger charge is -2.36. The van der Waals surface area contributed by atoms with Crippen LogP contribution in [0, 0.1) is 0 Å². The van der Waals surface area contributed by atoms with Gasteiger partial charge in [0.15, 0.2) is 11.5 Å². The molecule has 1 amide bonds. The van der Waals surface area contributed by atoms with Crippen LogP contribution in [0.5, 0.6) is 11.5 Å². The molecule has 0 N–H and O–H groups in total. The molecule has 1 saturated heterocycles. The summed E-state index contributed by atoms with van der Waals surface area (Å²) in [6.07, 6.45) is -0.183. The van der Waals surface area contributed by atoms with E-state index in [1.807, 2.05) is 31.2 Å². The number of hydrogen-bond donors (Lipinski definition) is 0. The number of carbonyl (C=O) groups is 1. The summed E-state index contributed by atoms with van der Waals surface area (Å²) < 4.78 is 16.7. The Kier molecular flexibility index (Phi) is 4.68. The van der Waals surface area contributed by atoms with Crippen molar-refractivity contribution >= 4 is 6.09 Å². The van der Waals surface area contributed by atoms with Gasteiger partial charge in [0.1, 0.15) is 12.7 Å². The van der Waals surface area contributed by atoms with Crippen molar-refractivity contribution < 1.29 is 19.0 Å². The first-order valence-corrected chi connectivity index (χ1v) is 7.79. The molecule has 2 aliphatic heterocycles. The average Bonchev–Trinajstić information content (AvgIpc) is 2.56. The largest absolute Gasteiger partial charge is 0.486 e. The maximum absolute atomic E-state index is 11.7. The fourth-order valence-corrected chi connectivity index (χ4v) is 2.77. The number of piperazine rings is 1. The van der Waals surface area contributed by atoms with Gasteiger partial charge in [-0.2, -0.15) is 0 Å². The van der Waals surface area contributed by atoms with Crippen LogP contribution in [0.3, 0.4) is 0 Å². The van der Waals surface area contributed by atoms with Gasteiger partial charge in [0, 0.05) is 32.7 Å². The van der Waals surface area contributed by atoms with Crippen molar-refractivity contribution in [2.75, 3.05) is 45.9 Å². The van der Waals surface area contributed by atoms with Crippen molar-refractivity contribution in [3.63, 3.8) is 0 Å². The Morgan fingerprint density at radius 1 is 1.23 bits per heavy atom. The van der Waals surface area contributed by atoms with E-state index in [4.69, 9.17) is 14.2 Å². The van der Waals surface area contributed by atoms with E-state index >= 15 is 0 Å². The Hall–Kier alpha value is -1.95. The number of para-hydroxylation sites is 2. The summed E-state index contributed by atoms with van der Waals surface area (Å²) >= 11 is 0. The summed E-state index contributed by atoms with van der Waals surface area (Å²) in [5.41, 5.74) is 0. The second kappa shape index (κ2) is 6.87. The average molecular weight is 306 g/mol. The van der Waals surface area contributed by atoms with E-state index in [2.05, 4.69) is 4.90 Å². The van der Waals surface area contributed by atoms with Crippen LogP contribution in [0.4, 0.5) is 4.79 Å². The van der Waals surface area contributed by atoms with Gasteiger partial charge in [0.2, 0.25) is 0 Å². The molecule has 0 radical (unpaired) electrons. The first kappa shape index (κ1) is 15.0. The molecule has 1 fully saturated rings. The van der Waals surface area contributed by atoms with Gasteiger partial charge >= 0.3 is 6.09 Å². The topological polar surface area (TPSA) is 51.2 Å². The lowest BCUT2D eigenvalue weighted by Crippen LogP contribution is -2.52. The molecular formula is C16H22N2O4. The molecule has 6 nitrogen and oxygen atoms in total. The Balaban J connectivity index is 1.47. The van der Waals surface area contributed by atoms with Gasteiger partial charge in [-0.15, -0.1) is 0 Å². The smallest absolute Gasteiger partial charge is 0.409 e. The first-order chi connectivity index (χ1) is 10.8. The highest BCUT2D eigenvalue weighted by Gasteiger charge is 2.27. The number of fused-ring (bicyclic) bond motifs is 1. The monoisotopic (exact) mass is 306 g/mol. The molecule has 2 aliphatic rings. The Bertz CT molecular complexity index is 515. The van der Waals surface area contributed by atoms with Crippen LogP contribution >= 0.6 is 0 Å². The van der Waals surface area contributed by atoms with Crippen LogP contribution in [0.1, 0.15) is 6.92 Å². The van der Waals surface area contributed by atoms with E-state index < -0.39 is 0 Å². The summed E-state index contributed by atoms with van der Waals surface area (Å²) in [6, 6.07) is 7.74. The van der Waals surface area contributed by atoms with Crippen LogP contribution in [-0.4, -0.2) is 67.9 Å². The van der Waals surface area contributed by atoms with Gasteiger partial charge in [-0.1, -0.05) is 12.1 Å². The molecule has 3 rings (SSSR count). The zero-order valence-electron chi connectivity index (χ0n) is 12.9. The fourth-order valence-electron chi connectivity index (χ4n) is 2.77. The normalized spacial score (nSPS) is 21.5. The molecule has 0 spiro atoms. The third kappa shape index (κ3) is 3.44. The number of nitrogens with zero attached hydrogens (tertiary/aromatic N) is 2. The molecule has 1 aromatic rings. The van der Waals surface area contributed by atoms with Gasteiger partial charge < -0.3 is 19.1 Å². The highest BCUT2D eigenvalue weighted by atomic mass is 16.6. The molecule has 1 aromatic carbocycles. The van der Waals surface area contributed by atoms with Crippen molar-refractivity contribution in [2.24, 2.45) is 0 Å². The minimum absolute atomic E-state index is 0.0315. The predicted molar refractivity (Wildman–Crippen MR) is 81.4 cm³/mol. The van der Waals surface area contributed by atoms with E-state index in [1.165, 1.54) is 0 Å². The predicted octanol–water partition coefficient (Wildman–Crippen LogP) is 1.60. The molecule has 0 saturated carbocycles. The highest BCUT2D eigenvalue weighted by Crippen LogP contribution is 2.31. The molecule has 22 heavy (non-hydrogen) atoms. The first-order valence-electron chi connectivity index (χ1n) is 7.79. The van der Waals surface area contributed by atoms with E-state index in [1.54, 1.807) is 4.90 Å². The van der Waals surface area contributed by atoms with E-state index in [0.717, 1.165) is 31.1 Å². The van der Waals surface area contributed by atoms with E-state index in [-0.39, 0.29) is 12.2 Å².